The van der Waals surface area contributed by atoms with Crippen molar-refractivity contribution in [3.63, 3.8) is 0 Å². The molecule has 0 aliphatic carbocycles. The molecule has 0 radical (unpaired) electrons. The molecule has 1 aliphatic rings. The van der Waals surface area contributed by atoms with Gasteiger partial charge in [0, 0.05) is 12.6 Å². The minimum absolute atomic E-state index is 0.301. The first kappa shape index (κ1) is 7.86. The molecule has 1 atom stereocenters. The Kier molecular flexibility index (Phi) is 2.19. The standard InChI is InChI=1S/C7H12ClNO/c1-5(2)6-3-4-9(6)7(8)10/h5-6H,3-4H2,1-2H3. The van der Waals surface area contributed by atoms with Crippen LogP contribution in [-0.4, -0.2) is 22.9 Å². The van der Waals surface area contributed by atoms with E-state index in [1.165, 1.54) is 0 Å². The highest BCUT2D eigenvalue weighted by atomic mass is 35.5. The van der Waals surface area contributed by atoms with Gasteiger partial charge < -0.3 is 4.90 Å². The Morgan fingerprint density at radius 2 is 2.30 bits per heavy atom. The molecular weight excluding hydrogens is 150 g/mol. The van der Waals surface area contributed by atoms with Crippen LogP contribution in [0.15, 0.2) is 0 Å². The van der Waals surface area contributed by atoms with E-state index in [1.807, 2.05) is 0 Å². The molecule has 10 heavy (non-hydrogen) atoms. The first-order valence-electron chi connectivity index (χ1n) is 3.59. The largest absolute Gasteiger partial charge is 0.326 e. The summed E-state index contributed by atoms with van der Waals surface area (Å²) in [6.45, 7) is 5.05. The SMILES string of the molecule is CC(C)C1CCN1C(=O)Cl. The molecule has 1 unspecified atom stereocenters. The summed E-state index contributed by atoms with van der Waals surface area (Å²) >= 11 is 5.31. The van der Waals surface area contributed by atoms with Crippen molar-refractivity contribution in [3.8, 4) is 0 Å². The third-order valence-electron chi connectivity index (χ3n) is 2.06. The average Bonchev–Trinajstić information content (AvgIpc) is 1.56. The van der Waals surface area contributed by atoms with Gasteiger partial charge >= 0.3 is 5.37 Å². The molecule has 1 fully saturated rings. The highest BCUT2D eigenvalue weighted by molar-refractivity contribution is 6.62. The molecule has 0 saturated carbocycles. The summed E-state index contributed by atoms with van der Waals surface area (Å²) in [5, 5.41) is -0.301. The van der Waals surface area contributed by atoms with Gasteiger partial charge in [-0.05, 0) is 23.9 Å². The molecule has 0 N–H and O–H groups in total. The summed E-state index contributed by atoms with van der Waals surface area (Å²) in [5.74, 6) is 0.538. The molecule has 1 aliphatic heterocycles. The number of nitrogens with zero attached hydrogens (tertiary/aromatic N) is 1. The van der Waals surface area contributed by atoms with Gasteiger partial charge in [0.15, 0.2) is 0 Å². The van der Waals surface area contributed by atoms with Crippen molar-refractivity contribution >= 4 is 17.0 Å². The molecule has 0 aromatic heterocycles. The maximum Gasteiger partial charge on any atom is 0.316 e. The van der Waals surface area contributed by atoms with E-state index in [9.17, 15) is 4.79 Å². The van der Waals surface area contributed by atoms with Gasteiger partial charge in [0.1, 0.15) is 0 Å². The number of rotatable bonds is 1. The van der Waals surface area contributed by atoms with Crippen LogP contribution in [0.3, 0.4) is 0 Å². The van der Waals surface area contributed by atoms with Crippen molar-refractivity contribution < 1.29 is 4.79 Å². The maximum absolute atomic E-state index is 10.6. The Balaban J connectivity index is 2.43. The lowest BCUT2D eigenvalue weighted by molar-refractivity contribution is 0.102. The van der Waals surface area contributed by atoms with Gasteiger partial charge in [0.05, 0.1) is 0 Å². The summed E-state index contributed by atoms with van der Waals surface area (Å²) in [6.07, 6.45) is 1.11. The molecule has 1 saturated heterocycles. The first-order chi connectivity index (χ1) is 4.63. The van der Waals surface area contributed by atoms with Crippen LogP contribution >= 0.6 is 11.6 Å². The van der Waals surface area contributed by atoms with Crippen LogP contribution in [0, 0.1) is 5.92 Å². The minimum atomic E-state index is -0.301. The van der Waals surface area contributed by atoms with Crippen LogP contribution in [0.25, 0.3) is 0 Å². The smallest absolute Gasteiger partial charge is 0.316 e. The predicted molar refractivity (Wildman–Crippen MR) is 41.2 cm³/mol. The van der Waals surface area contributed by atoms with Crippen LogP contribution < -0.4 is 0 Å². The highest BCUT2D eigenvalue weighted by Gasteiger charge is 2.32. The maximum atomic E-state index is 10.6. The van der Waals surface area contributed by atoms with E-state index in [2.05, 4.69) is 13.8 Å². The second-order valence-electron chi connectivity index (χ2n) is 3.05. The van der Waals surface area contributed by atoms with Crippen LogP contribution in [0.1, 0.15) is 20.3 Å². The molecule has 2 nitrogen and oxygen atoms in total. The Morgan fingerprint density at radius 3 is 2.40 bits per heavy atom. The number of halogens is 1. The lowest BCUT2D eigenvalue weighted by Gasteiger charge is -2.41. The fraction of sp³-hybridized carbons (Fsp3) is 0.857. The molecule has 1 amide bonds. The van der Waals surface area contributed by atoms with Gasteiger partial charge in [-0.1, -0.05) is 13.8 Å². The van der Waals surface area contributed by atoms with Crippen molar-refractivity contribution in [1.29, 1.82) is 0 Å². The number of likely N-dealkylation sites (tertiary alicyclic amines) is 1. The van der Waals surface area contributed by atoms with Gasteiger partial charge in [0.2, 0.25) is 0 Å². The zero-order valence-corrected chi connectivity index (χ0v) is 7.06. The Hall–Kier alpha value is -0.240. The third-order valence-corrected chi connectivity index (χ3v) is 2.28. The summed E-state index contributed by atoms with van der Waals surface area (Å²) in [4.78, 5) is 12.3. The van der Waals surface area contributed by atoms with E-state index < -0.39 is 0 Å². The lowest BCUT2D eigenvalue weighted by Crippen LogP contribution is -2.51. The van der Waals surface area contributed by atoms with Crippen molar-refractivity contribution in [2.45, 2.75) is 26.3 Å². The highest BCUT2D eigenvalue weighted by Crippen LogP contribution is 2.25. The molecule has 3 heteroatoms. The monoisotopic (exact) mass is 161 g/mol. The summed E-state index contributed by atoms with van der Waals surface area (Å²) in [5.41, 5.74) is 0. The van der Waals surface area contributed by atoms with Gasteiger partial charge in [-0.25, -0.2) is 0 Å². The number of hydrogen-bond donors (Lipinski definition) is 0. The van der Waals surface area contributed by atoms with Crippen LogP contribution in [0.5, 0.6) is 0 Å². The third kappa shape index (κ3) is 1.26. The molecular formula is C7H12ClNO. The van der Waals surface area contributed by atoms with Gasteiger partial charge in [-0.15, -0.1) is 0 Å². The Morgan fingerprint density at radius 1 is 1.70 bits per heavy atom. The van der Waals surface area contributed by atoms with Crippen LogP contribution in [0.2, 0.25) is 0 Å². The molecule has 0 aromatic rings. The van der Waals surface area contributed by atoms with E-state index in [-0.39, 0.29) is 5.37 Å². The zero-order chi connectivity index (χ0) is 7.72. The second kappa shape index (κ2) is 2.79. The van der Waals surface area contributed by atoms with E-state index in [0.29, 0.717) is 12.0 Å². The first-order valence-corrected chi connectivity index (χ1v) is 3.97. The number of hydrogen-bond acceptors (Lipinski definition) is 1. The fourth-order valence-electron chi connectivity index (χ4n) is 1.32. The van der Waals surface area contributed by atoms with E-state index in [4.69, 9.17) is 11.6 Å². The number of carbonyl (C=O) groups is 1. The van der Waals surface area contributed by atoms with E-state index in [0.717, 1.165) is 13.0 Å². The number of carbonyl (C=O) groups excluding carboxylic acids is 1. The molecule has 58 valence electrons. The molecule has 0 aromatic carbocycles. The normalized spacial score (nSPS) is 24.8. The van der Waals surface area contributed by atoms with Crippen LogP contribution in [-0.2, 0) is 0 Å². The second-order valence-corrected chi connectivity index (χ2v) is 3.37. The summed E-state index contributed by atoms with van der Waals surface area (Å²) in [7, 11) is 0. The van der Waals surface area contributed by atoms with Gasteiger partial charge in [0.25, 0.3) is 0 Å². The molecule has 0 spiro atoms. The van der Waals surface area contributed by atoms with Gasteiger partial charge in [-0.3, -0.25) is 4.79 Å². The Labute approximate surface area is 66.1 Å². The molecule has 1 rings (SSSR count). The predicted octanol–water partition coefficient (Wildman–Crippen LogP) is 2.08. The molecule has 1 heterocycles. The minimum Gasteiger partial charge on any atom is -0.326 e. The summed E-state index contributed by atoms with van der Waals surface area (Å²) in [6, 6.07) is 0.394. The average molecular weight is 162 g/mol. The lowest BCUT2D eigenvalue weighted by atomic mass is 9.93. The van der Waals surface area contributed by atoms with Crippen molar-refractivity contribution in [2.75, 3.05) is 6.54 Å². The Bertz CT molecular complexity index is 147. The zero-order valence-electron chi connectivity index (χ0n) is 6.30. The van der Waals surface area contributed by atoms with Crippen molar-refractivity contribution in [1.82, 2.24) is 4.90 Å². The quantitative estimate of drug-likeness (QED) is 0.426. The van der Waals surface area contributed by atoms with Crippen molar-refractivity contribution in [2.24, 2.45) is 5.92 Å². The molecule has 0 bridgehead atoms. The number of amides is 1. The van der Waals surface area contributed by atoms with Crippen molar-refractivity contribution in [3.05, 3.63) is 0 Å². The summed E-state index contributed by atoms with van der Waals surface area (Å²) < 4.78 is 0. The van der Waals surface area contributed by atoms with E-state index >= 15 is 0 Å². The van der Waals surface area contributed by atoms with E-state index in [1.54, 1.807) is 4.90 Å². The fourth-order valence-corrected chi connectivity index (χ4v) is 1.53. The topological polar surface area (TPSA) is 20.3 Å². The van der Waals surface area contributed by atoms with Gasteiger partial charge in [-0.2, -0.15) is 0 Å². The van der Waals surface area contributed by atoms with Crippen LogP contribution in [0.4, 0.5) is 4.79 Å².